The number of thiophene rings is 1. The first-order valence-electron chi connectivity index (χ1n) is 5.91. The third-order valence-corrected chi connectivity index (χ3v) is 5.33. The summed E-state index contributed by atoms with van der Waals surface area (Å²) in [5.74, 6) is 0.817. The Morgan fingerprint density at radius 2 is 2.21 bits per heavy atom. The van der Waals surface area contributed by atoms with Crippen molar-refractivity contribution in [3.8, 4) is 5.75 Å². The van der Waals surface area contributed by atoms with Crippen molar-refractivity contribution >= 4 is 38.9 Å². The number of ether oxygens (including phenoxy) is 1. The highest BCUT2D eigenvalue weighted by Gasteiger charge is 2.13. The number of nitrogens with one attached hydrogen (secondary N) is 1. The molecule has 0 aliphatic heterocycles. The van der Waals surface area contributed by atoms with Gasteiger partial charge in [-0.15, -0.1) is 11.3 Å². The minimum atomic E-state index is 0.260. The largest absolute Gasteiger partial charge is 0.496 e. The highest BCUT2D eigenvalue weighted by molar-refractivity contribution is 9.10. The van der Waals surface area contributed by atoms with Gasteiger partial charge in [0, 0.05) is 32.5 Å². The molecule has 5 heteroatoms. The van der Waals surface area contributed by atoms with E-state index in [1.807, 2.05) is 18.2 Å². The van der Waals surface area contributed by atoms with Gasteiger partial charge in [0.25, 0.3) is 0 Å². The van der Waals surface area contributed by atoms with Gasteiger partial charge in [0.2, 0.25) is 0 Å². The molecule has 19 heavy (non-hydrogen) atoms. The summed E-state index contributed by atoms with van der Waals surface area (Å²) in [5, 5.41) is 6.28. The molecule has 1 heterocycles. The predicted octanol–water partition coefficient (Wildman–Crippen LogP) is 5.02. The fourth-order valence-corrected chi connectivity index (χ4v) is 3.85. The second-order valence-electron chi connectivity index (χ2n) is 4.16. The van der Waals surface area contributed by atoms with Crippen molar-refractivity contribution in [2.24, 2.45) is 0 Å². The van der Waals surface area contributed by atoms with Crippen LogP contribution in [0.3, 0.4) is 0 Å². The molecular weight excluding hydrogens is 346 g/mol. The summed E-state index contributed by atoms with van der Waals surface area (Å²) in [5.41, 5.74) is 0.992. The lowest BCUT2D eigenvalue weighted by molar-refractivity contribution is 0.406. The van der Waals surface area contributed by atoms with Crippen molar-refractivity contribution in [1.82, 2.24) is 5.32 Å². The molecular formula is C14H15BrClNOS. The number of rotatable bonds is 5. The molecule has 0 saturated carbocycles. The lowest BCUT2D eigenvalue weighted by Gasteiger charge is -2.16. The predicted molar refractivity (Wildman–Crippen MR) is 85.3 cm³/mol. The van der Waals surface area contributed by atoms with E-state index in [0.29, 0.717) is 6.54 Å². The van der Waals surface area contributed by atoms with Gasteiger partial charge in [-0.1, -0.05) is 17.7 Å². The third kappa shape index (κ3) is 3.51. The molecule has 1 atom stereocenters. The first kappa shape index (κ1) is 14.9. The van der Waals surface area contributed by atoms with Gasteiger partial charge in [0.1, 0.15) is 5.75 Å². The Bertz CT molecular complexity index is 558. The van der Waals surface area contributed by atoms with Crippen LogP contribution in [0.5, 0.6) is 5.75 Å². The zero-order chi connectivity index (χ0) is 13.8. The molecule has 0 saturated heterocycles. The fraction of sp³-hybridized carbons (Fsp3) is 0.286. The molecule has 2 nitrogen and oxygen atoms in total. The number of benzene rings is 1. The Balaban J connectivity index is 2.09. The number of hydrogen-bond acceptors (Lipinski definition) is 3. The van der Waals surface area contributed by atoms with Crippen LogP contribution in [0.25, 0.3) is 0 Å². The average Bonchev–Trinajstić information content (AvgIpc) is 2.83. The number of methoxy groups -OCH3 is 1. The van der Waals surface area contributed by atoms with Crippen molar-refractivity contribution in [2.45, 2.75) is 19.5 Å². The van der Waals surface area contributed by atoms with Crippen LogP contribution in [0.2, 0.25) is 5.02 Å². The average molecular weight is 361 g/mol. The van der Waals surface area contributed by atoms with Gasteiger partial charge in [-0.3, -0.25) is 0 Å². The van der Waals surface area contributed by atoms with E-state index in [4.69, 9.17) is 16.3 Å². The lowest BCUT2D eigenvalue weighted by Crippen LogP contribution is -2.18. The normalized spacial score (nSPS) is 12.4. The second-order valence-corrected chi connectivity index (χ2v) is 6.37. The van der Waals surface area contributed by atoms with Crippen LogP contribution < -0.4 is 10.1 Å². The molecule has 1 N–H and O–H groups in total. The van der Waals surface area contributed by atoms with Crippen molar-refractivity contribution < 1.29 is 4.74 Å². The van der Waals surface area contributed by atoms with Gasteiger partial charge < -0.3 is 10.1 Å². The zero-order valence-corrected chi connectivity index (χ0v) is 13.9. The smallest absolute Gasteiger partial charge is 0.124 e. The molecule has 0 aliphatic rings. The van der Waals surface area contributed by atoms with Gasteiger partial charge in [-0.2, -0.15) is 0 Å². The molecule has 102 valence electrons. The van der Waals surface area contributed by atoms with Crippen LogP contribution in [0, 0.1) is 0 Å². The molecule has 2 aromatic rings. The molecule has 0 amide bonds. The van der Waals surface area contributed by atoms with Crippen molar-refractivity contribution in [1.29, 1.82) is 0 Å². The Kier molecular flexibility index (Phi) is 5.28. The summed E-state index contributed by atoms with van der Waals surface area (Å²) >= 11 is 11.5. The molecule has 0 spiro atoms. The molecule has 0 fully saturated rings. The van der Waals surface area contributed by atoms with Crippen molar-refractivity contribution in [3.05, 3.63) is 49.6 Å². The van der Waals surface area contributed by atoms with E-state index >= 15 is 0 Å². The van der Waals surface area contributed by atoms with E-state index < -0.39 is 0 Å². The quantitative estimate of drug-likeness (QED) is 0.808. The van der Waals surface area contributed by atoms with Crippen molar-refractivity contribution in [2.75, 3.05) is 7.11 Å². The summed E-state index contributed by atoms with van der Waals surface area (Å²) in [6.07, 6.45) is 0. The van der Waals surface area contributed by atoms with E-state index in [2.05, 4.69) is 39.6 Å². The SMILES string of the molecule is COc1cccc(Cl)c1CNC(C)c1sccc1Br. The van der Waals surface area contributed by atoms with E-state index in [0.717, 1.165) is 20.8 Å². The summed E-state index contributed by atoms with van der Waals surface area (Å²) in [7, 11) is 1.66. The highest BCUT2D eigenvalue weighted by atomic mass is 79.9. The van der Waals surface area contributed by atoms with E-state index in [9.17, 15) is 0 Å². The first-order chi connectivity index (χ1) is 9.13. The van der Waals surface area contributed by atoms with E-state index in [1.54, 1.807) is 18.4 Å². The highest BCUT2D eigenvalue weighted by Crippen LogP contribution is 2.30. The maximum absolute atomic E-state index is 6.22. The Hall–Kier alpha value is -0.550. The number of hydrogen-bond donors (Lipinski definition) is 1. The van der Waals surface area contributed by atoms with E-state index in [1.165, 1.54) is 4.88 Å². The van der Waals surface area contributed by atoms with Crippen LogP contribution in [-0.2, 0) is 6.54 Å². The third-order valence-electron chi connectivity index (χ3n) is 2.92. The molecule has 0 radical (unpaired) electrons. The maximum atomic E-state index is 6.22. The summed E-state index contributed by atoms with van der Waals surface area (Å²) < 4.78 is 6.48. The first-order valence-corrected chi connectivity index (χ1v) is 7.96. The molecule has 1 unspecified atom stereocenters. The fourth-order valence-electron chi connectivity index (χ4n) is 1.86. The minimum absolute atomic E-state index is 0.260. The zero-order valence-electron chi connectivity index (χ0n) is 10.7. The molecule has 1 aromatic heterocycles. The van der Waals surface area contributed by atoms with E-state index in [-0.39, 0.29) is 6.04 Å². The van der Waals surface area contributed by atoms with Gasteiger partial charge in [-0.25, -0.2) is 0 Å². The Morgan fingerprint density at radius 1 is 1.42 bits per heavy atom. The maximum Gasteiger partial charge on any atom is 0.124 e. The molecule has 0 aliphatic carbocycles. The van der Waals surface area contributed by atoms with Gasteiger partial charge in [0.15, 0.2) is 0 Å². The minimum Gasteiger partial charge on any atom is -0.496 e. The monoisotopic (exact) mass is 359 g/mol. The summed E-state index contributed by atoms with van der Waals surface area (Å²) in [6, 6.07) is 8.02. The number of halogens is 2. The van der Waals surface area contributed by atoms with Gasteiger partial charge >= 0.3 is 0 Å². The molecule has 1 aromatic carbocycles. The molecule has 0 bridgehead atoms. The Morgan fingerprint density at radius 3 is 2.84 bits per heavy atom. The van der Waals surface area contributed by atoms with Crippen LogP contribution in [0.15, 0.2) is 34.1 Å². The molecule has 2 rings (SSSR count). The van der Waals surface area contributed by atoms with Gasteiger partial charge in [0.05, 0.1) is 7.11 Å². The Labute approximate surface area is 130 Å². The summed E-state index contributed by atoms with van der Waals surface area (Å²) in [4.78, 5) is 1.28. The van der Waals surface area contributed by atoms with Crippen LogP contribution in [-0.4, -0.2) is 7.11 Å². The van der Waals surface area contributed by atoms with Crippen LogP contribution in [0.1, 0.15) is 23.4 Å². The van der Waals surface area contributed by atoms with Gasteiger partial charge in [-0.05, 0) is 46.4 Å². The van der Waals surface area contributed by atoms with Crippen LogP contribution >= 0.6 is 38.9 Å². The van der Waals surface area contributed by atoms with Crippen molar-refractivity contribution in [3.63, 3.8) is 0 Å². The summed E-state index contributed by atoms with van der Waals surface area (Å²) in [6.45, 7) is 2.81. The van der Waals surface area contributed by atoms with Crippen LogP contribution in [0.4, 0.5) is 0 Å². The topological polar surface area (TPSA) is 21.3 Å². The lowest BCUT2D eigenvalue weighted by atomic mass is 10.2. The standard InChI is InChI=1S/C14H15BrClNOS/c1-9(14-11(15)6-7-19-14)17-8-10-12(16)4-3-5-13(10)18-2/h3-7,9,17H,8H2,1-2H3. The second kappa shape index (κ2) is 6.75.